The van der Waals surface area contributed by atoms with Gasteiger partial charge in [0.05, 0.1) is 12.1 Å². The van der Waals surface area contributed by atoms with Gasteiger partial charge in [0, 0.05) is 6.20 Å². The SMILES string of the molecule is C#Cc1cccnc1N1CC2(CCCC2)OC1=O.c1cc2cc-2c1. The number of fused-ring (bicyclic) bond motifs is 1. The van der Waals surface area contributed by atoms with Crippen LogP contribution < -0.4 is 4.90 Å². The van der Waals surface area contributed by atoms with Crippen LogP contribution >= 0.6 is 0 Å². The molecule has 5 rings (SSSR count). The molecule has 2 heterocycles. The first kappa shape index (κ1) is 14.8. The van der Waals surface area contributed by atoms with E-state index in [4.69, 9.17) is 11.2 Å². The van der Waals surface area contributed by atoms with Crippen LogP contribution in [0.15, 0.2) is 42.6 Å². The van der Waals surface area contributed by atoms with Crippen LogP contribution in [-0.4, -0.2) is 23.2 Å². The molecule has 1 spiro atoms. The zero-order valence-corrected chi connectivity index (χ0v) is 13.4. The molecule has 1 aromatic rings. The van der Waals surface area contributed by atoms with Gasteiger partial charge in [-0.1, -0.05) is 24.1 Å². The summed E-state index contributed by atoms with van der Waals surface area (Å²) in [5.74, 6) is 3.10. The van der Waals surface area contributed by atoms with Crippen molar-refractivity contribution >= 4 is 11.9 Å². The smallest absolute Gasteiger partial charge is 0.416 e. The first-order valence-electron chi connectivity index (χ1n) is 8.23. The van der Waals surface area contributed by atoms with E-state index in [0.29, 0.717) is 17.9 Å². The van der Waals surface area contributed by atoms with Crippen LogP contribution in [0.3, 0.4) is 0 Å². The number of benzene rings is 1. The highest BCUT2D eigenvalue weighted by atomic mass is 16.6. The molecule has 0 unspecified atom stereocenters. The summed E-state index contributed by atoms with van der Waals surface area (Å²) < 4.78 is 5.55. The molecule has 0 bridgehead atoms. The standard InChI is InChI=1S/C14H14N2O2.C6H4/c1-2-11-6-5-9-15-12(11)16-10-14(18-13(16)17)7-3-4-8-14;1-2-5-4-6(5)3-1/h1,5-6,9H,3-4,7-8,10H2;1-4H. The molecule has 0 radical (unpaired) electrons. The summed E-state index contributed by atoms with van der Waals surface area (Å²) in [5, 5.41) is 0. The molecule has 24 heavy (non-hydrogen) atoms. The fourth-order valence-electron chi connectivity index (χ4n) is 3.47. The monoisotopic (exact) mass is 318 g/mol. The van der Waals surface area contributed by atoms with Gasteiger partial charge >= 0.3 is 6.09 Å². The van der Waals surface area contributed by atoms with Crippen molar-refractivity contribution in [3.05, 3.63) is 48.2 Å². The molecule has 3 aliphatic carbocycles. The third-order valence-corrected chi connectivity index (χ3v) is 4.80. The molecule has 2 fully saturated rings. The molecule has 120 valence electrons. The second-order valence-electron chi connectivity index (χ2n) is 6.44. The molecule has 4 aliphatic rings. The average Bonchev–Trinajstić information content (AvgIpc) is 2.98. The number of anilines is 1. The van der Waals surface area contributed by atoms with Crippen molar-refractivity contribution in [3.8, 4) is 23.5 Å². The number of hydrogen-bond acceptors (Lipinski definition) is 3. The Bertz CT molecular complexity index is 814. The molecule has 4 nitrogen and oxygen atoms in total. The number of aromatic nitrogens is 1. The summed E-state index contributed by atoms with van der Waals surface area (Å²) in [4.78, 5) is 17.8. The van der Waals surface area contributed by atoms with Gasteiger partial charge in [0.25, 0.3) is 0 Å². The number of amides is 1. The zero-order valence-electron chi connectivity index (χ0n) is 13.4. The Kier molecular flexibility index (Phi) is 3.50. The van der Waals surface area contributed by atoms with Gasteiger partial charge in [0.15, 0.2) is 5.82 Å². The van der Waals surface area contributed by atoms with Crippen molar-refractivity contribution in [3.63, 3.8) is 0 Å². The number of pyridine rings is 1. The molecule has 1 aliphatic heterocycles. The Labute approximate surface area is 141 Å². The predicted octanol–water partition coefficient (Wildman–Crippen LogP) is 4.00. The maximum atomic E-state index is 12.0. The third-order valence-electron chi connectivity index (χ3n) is 4.80. The highest BCUT2D eigenvalue weighted by Crippen LogP contribution is 2.40. The largest absolute Gasteiger partial charge is 0.441 e. The van der Waals surface area contributed by atoms with E-state index in [1.54, 1.807) is 23.2 Å². The lowest BCUT2D eigenvalue weighted by Gasteiger charge is -2.19. The van der Waals surface area contributed by atoms with Crippen LogP contribution in [0, 0.1) is 12.3 Å². The highest BCUT2D eigenvalue weighted by molar-refractivity contribution is 5.90. The van der Waals surface area contributed by atoms with Crippen LogP contribution in [-0.2, 0) is 4.74 Å². The van der Waals surface area contributed by atoms with Gasteiger partial charge in [-0.05, 0) is 55.0 Å². The maximum Gasteiger partial charge on any atom is 0.416 e. The van der Waals surface area contributed by atoms with Crippen LogP contribution in [0.5, 0.6) is 0 Å². The topological polar surface area (TPSA) is 42.4 Å². The Hall–Kier alpha value is -2.80. The fraction of sp³-hybridized carbons (Fsp3) is 0.300. The molecular weight excluding hydrogens is 300 g/mol. The zero-order chi connectivity index (χ0) is 16.6. The van der Waals surface area contributed by atoms with Gasteiger partial charge in [-0.3, -0.25) is 4.90 Å². The van der Waals surface area contributed by atoms with E-state index in [2.05, 4.69) is 35.2 Å². The molecule has 0 atom stereocenters. The van der Waals surface area contributed by atoms with Gasteiger partial charge in [-0.2, -0.15) is 0 Å². The first-order chi connectivity index (χ1) is 11.7. The number of nitrogens with zero attached hydrogens (tertiary/aromatic N) is 2. The molecule has 0 aromatic carbocycles. The lowest BCUT2D eigenvalue weighted by Crippen LogP contribution is -2.32. The average molecular weight is 318 g/mol. The third kappa shape index (κ3) is 2.63. The first-order valence-corrected chi connectivity index (χ1v) is 8.23. The minimum Gasteiger partial charge on any atom is -0.441 e. The van der Waals surface area contributed by atoms with Crippen LogP contribution in [0.4, 0.5) is 10.6 Å². The van der Waals surface area contributed by atoms with Crippen LogP contribution in [0.1, 0.15) is 31.2 Å². The lowest BCUT2D eigenvalue weighted by molar-refractivity contribution is 0.0629. The molecule has 1 saturated heterocycles. The quantitative estimate of drug-likeness (QED) is 0.637. The summed E-state index contributed by atoms with van der Waals surface area (Å²) in [6.45, 7) is 0.567. The van der Waals surface area contributed by atoms with Crippen LogP contribution in [0.25, 0.3) is 11.1 Å². The summed E-state index contributed by atoms with van der Waals surface area (Å²) in [6, 6.07) is 12.0. The number of carbonyl (C=O) groups excluding carboxylic acids is 1. The van der Waals surface area contributed by atoms with E-state index in [9.17, 15) is 4.79 Å². The minimum absolute atomic E-state index is 0.305. The Morgan fingerprint density at radius 2 is 1.92 bits per heavy atom. The second kappa shape index (κ2) is 5.68. The Morgan fingerprint density at radius 3 is 2.50 bits per heavy atom. The fourth-order valence-corrected chi connectivity index (χ4v) is 3.47. The maximum absolute atomic E-state index is 12.0. The second-order valence-corrected chi connectivity index (χ2v) is 6.44. The number of carbonyl (C=O) groups is 1. The normalized spacial score (nSPS) is 18.6. The molecule has 1 saturated carbocycles. The molecule has 1 aromatic heterocycles. The summed E-state index contributed by atoms with van der Waals surface area (Å²) in [5.41, 5.74) is 3.18. The van der Waals surface area contributed by atoms with E-state index >= 15 is 0 Å². The lowest BCUT2D eigenvalue weighted by atomic mass is 10.0. The predicted molar refractivity (Wildman–Crippen MR) is 92.6 cm³/mol. The number of rotatable bonds is 1. The van der Waals surface area contributed by atoms with Crippen molar-refractivity contribution in [2.75, 3.05) is 11.4 Å². The van der Waals surface area contributed by atoms with Gasteiger partial charge in [-0.15, -0.1) is 6.42 Å². The van der Waals surface area contributed by atoms with Gasteiger partial charge in [-0.25, -0.2) is 9.78 Å². The van der Waals surface area contributed by atoms with E-state index in [0.717, 1.165) is 25.7 Å². The molecule has 1 amide bonds. The minimum atomic E-state index is -0.327. The van der Waals surface area contributed by atoms with Crippen molar-refractivity contribution < 1.29 is 9.53 Å². The van der Waals surface area contributed by atoms with E-state index < -0.39 is 0 Å². The van der Waals surface area contributed by atoms with Gasteiger partial charge < -0.3 is 4.74 Å². The van der Waals surface area contributed by atoms with Crippen LogP contribution in [0.2, 0.25) is 0 Å². The van der Waals surface area contributed by atoms with Crippen molar-refractivity contribution in [2.45, 2.75) is 31.3 Å². The molecular formula is C20H18N2O2. The van der Waals surface area contributed by atoms with Crippen molar-refractivity contribution in [2.24, 2.45) is 0 Å². The van der Waals surface area contributed by atoms with Crippen molar-refractivity contribution in [1.82, 2.24) is 4.98 Å². The van der Waals surface area contributed by atoms with E-state index in [1.807, 2.05) is 0 Å². The van der Waals surface area contributed by atoms with E-state index in [-0.39, 0.29) is 11.7 Å². The highest BCUT2D eigenvalue weighted by Gasteiger charge is 2.48. The van der Waals surface area contributed by atoms with Gasteiger partial charge in [0.2, 0.25) is 0 Å². The van der Waals surface area contributed by atoms with Crippen molar-refractivity contribution in [1.29, 1.82) is 0 Å². The summed E-state index contributed by atoms with van der Waals surface area (Å²) >= 11 is 0. The number of ether oxygens (including phenoxy) is 1. The Balaban J connectivity index is 0.000000201. The number of terminal acetylenes is 1. The van der Waals surface area contributed by atoms with E-state index in [1.165, 1.54) is 11.1 Å². The molecule has 4 heteroatoms. The van der Waals surface area contributed by atoms with Gasteiger partial charge in [0.1, 0.15) is 5.60 Å². The number of hydrogen-bond donors (Lipinski definition) is 0. The molecule has 0 N–H and O–H groups in total. The summed E-state index contributed by atoms with van der Waals surface area (Å²) in [7, 11) is 0. The summed E-state index contributed by atoms with van der Waals surface area (Å²) in [6.07, 6.45) is 10.9. The Morgan fingerprint density at radius 1 is 1.17 bits per heavy atom.